The van der Waals surface area contributed by atoms with Gasteiger partial charge in [-0.05, 0) is 38.3 Å². The van der Waals surface area contributed by atoms with Crippen molar-refractivity contribution in [2.24, 2.45) is 5.92 Å². The van der Waals surface area contributed by atoms with Crippen LogP contribution in [0.15, 0.2) is 0 Å². The molecule has 2 aliphatic rings. The van der Waals surface area contributed by atoms with E-state index in [4.69, 9.17) is 0 Å². The van der Waals surface area contributed by atoms with Crippen molar-refractivity contribution in [3.63, 3.8) is 0 Å². The van der Waals surface area contributed by atoms with E-state index in [0.29, 0.717) is 18.8 Å². The highest BCUT2D eigenvalue weighted by atomic mass is 16.2. The lowest BCUT2D eigenvalue weighted by Crippen LogP contribution is -2.48. The van der Waals surface area contributed by atoms with Crippen molar-refractivity contribution < 1.29 is 9.59 Å². The average molecular weight is 253 g/mol. The molecule has 0 bridgehead atoms. The number of likely N-dealkylation sites (tertiary alicyclic amines) is 1. The minimum absolute atomic E-state index is 0.00961. The van der Waals surface area contributed by atoms with Crippen molar-refractivity contribution in [3.8, 4) is 0 Å². The Hall–Kier alpha value is -1.10. The van der Waals surface area contributed by atoms with Crippen LogP contribution in [0.5, 0.6) is 0 Å². The summed E-state index contributed by atoms with van der Waals surface area (Å²) in [6.45, 7) is 5.84. The third kappa shape index (κ3) is 3.22. The standard InChI is InChI=1S/C13H23N3O2/c1-2-14-9-10-5-7-16(8-6-10)13(18)11-3-4-12(17)15-11/h10-11,14H,2-9H2,1H3,(H,15,17). The van der Waals surface area contributed by atoms with Gasteiger partial charge in [0.15, 0.2) is 0 Å². The van der Waals surface area contributed by atoms with Crippen LogP contribution < -0.4 is 10.6 Å². The van der Waals surface area contributed by atoms with Crippen molar-refractivity contribution in [2.75, 3.05) is 26.2 Å². The SMILES string of the molecule is CCNCC1CCN(C(=O)C2CCC(=O)N2)CC1. The van der Waals surface area contributed by atoms with Crippen LogP contribution in [0.1, 0.15) is 32.6 Å². The highest BCUT2D eigenvalue weighted by molar-refractivity contribution is 5.90. The van der Waals surface area contributed by atoms with Crippen LogP contribution in [0.3, 0.4) is 0 Å². The predicted octanol–water partition coefficient (Wildman–Crippen LogP) is 0.113. The summed E-state index contributed by atoms with van der Waals surface area (Å²) >= 11 is 0. The second kappa shape index (κ2) is 6.18. The number of carbonyl (C=O) groups excluding carboxylic acids is 2. The third-order valence-electron chi connectivity index (χ3n) is 3.90. The Bertz CT molecular complexity index is 311. The summed E-state index contributed by atoms with van der Waals surface area (Å²) in [6, 6.07) is -0.261. The van der Waals surface area contributed by atoms with Crippen LogP contribution in [-0.4, -0.2) is 48.9 Å². The Kier molecular flexibility index (Phi) is 4.58. The van der Waals surface area contributed by atoms with Crippen LogP contribution in [0.4, 0.5) is 0 Å². The van der Waals surface area contributed by atoms with Gasteiger partial charge in [0.1, 0.15) is 6.04 Å². The van der Waals surface area contributed by atoms with Gasteiger partial charge >= 0.3 is 0 Å². The molecule has 2 N–H and O–H groups in total. The van der Waals surface area contributed by atoms with E-state index >= 15 is 0 Å². The molecule has 2 rings (SSSR count). The van der Waals surface area contributed by atoms with E-state index in [1.54, 1.807) is 0 Å². The fourth-order valence-corrected chi connectivity index (χ4v) is 2.73. The van der Waals surface area contributed by atoms with Gasteiger partial charge in [-0.1, -0.05) is 6.92 Å². The number of amides is 2. The molecule has 0 spiro atoms. The second-order valence-electron chi connectivity index (χ2n) is 5.24. The number of piperidine rings is 1. The Morgan fingerprint density at radius 3 is 2.67 bits per heavy atom. The topological polar surface area (TPSA) is 61.4 Å². The summed E-state index contributed by atoms with van der Waals surface area (Å²) in [5.74, 6) is 0.810. The van der Waals surface area contributed by atoms with Gasteiger partial charge in [-0.3, -0.25) is 9.59 Å². The molecule has 0 aromatic carbocycles. The molecular weight excluding hydrogens is 230 g/mol. The highest BCUT2D eigenvalue weighted by Gasteiger charge is 2.32. The molecule has 5 heteroatoms. The van der Waals surface area contributed by atoms with Crippen LogP contribution in [0.25, 0.3) is 0 Å². The first-order valence-corrected chi connectivity index (χ1v) is 6.99. The molecule has 1 unspecified atom stereocenters. The third-order valence-corrected chi connectivity index (χ3v) is 3.90. The fraction of sp³-hybridized carbons (Fsp3) is 0.846. The molecule has 2 heterocycles. The van der Waals surface area contributed by atoms with Gasteiger partial charge in [-0.2, -0.15) is 0 Å². The summed E-state index contributed by atoms with van der Waals surface area (Å²) in [6.07, 6.45) is 3.29. The maximum atomic E-state index is 12.2. The molecule has 102 valence electrons. The minimum atomic E-state index is -0.261. The molecule has 2 fully saturated rings. The lowest BCUT2D eigenvalue weighted by atomic mass is 9.96. The molecular formula is C13H23N3O2. The molecule has 2 amide bonds. The van der Waals surface area contributed by atoms with Gasteiger partial charge in [-0.15, -0.1) is 0 Å². The first kappa shape index (κ1) is 13.3. The first-order valence-electron chi connectivity index (χ1n) is 6.99. The largest absolute Gasteiger partial charge is 0.344 e. The number of hydrogen-bond donors (Lipinski definition) is 2. The molecule has 0 aromatic rings. The van der Waals surface area contributed by atoms with Gasteiger partial charge in [0.25, 0.3) is 0 Å². The average Bonchev–Trinajstić information content (AvgIpc) is 2.83. The molecule has 0 aliphatic carbocycles. The summed E-state index contributed by atoms with van der Waals surface area (Å²) in [7, 11) is 0. The summed E-state index contributed by atoms with van der Waals surface area (Å²) in [4.78, 5) is 25.2. The normalized spacial score (nSPS) is 25.3. The Morgan fingerprint density at radius 1 is 1.39 bits per heavy atom. The van der Waals surface area contributed by atoms with E-state index in [-0.39, 0.29) is 17.9 Å². The number of hydrogen-bond acceptors (Lipinski definition) is 3. The lowest BCUT2D eigenvalue weighted by molar-refractivity contribution is -0.135. The van der Waals surface area contributed by atoms with Crippen molar-refractivity contribution in [1.29, 1.82) is 0 Å². The zero-order valence-corrected chi connectivity index (χ0v) is 11.1. The Morgan fingerprint density at radius 2 is 2.11 bits per heavy atom. The number of nitrogens with one attached hydrogen (secondary N) is 2. The monoisotopic (exact) mass is 253 g/mol. The predicted molar refractivity (Wildman–Crippen MR) is 69.0 cm³/mol. The lowest BCUT2D eigenvalue weighted by Gasteiger charge is -2.33. The number of nitrogens with zero attached hydrogens (tertiary/aromatic N) is 1. The van der Waals surface area contributed by atoms with Crippen molar-refractivity contribution in [1.82, 2.24) is 15.5 Å². The molecule has 18 heavy (non-hydrogen) atoms. The van der Waals surface area contributed by atoms with Gasteiger partial charge in [0, 0.05) is 19.5 Å². The van der Waals surface area contributed by atoms with Crippen molar-refractivity contribution >= 4 is 11.8 Å². The highest BCUT2D eigenvalue weighted by Crippen LogP contribution is 2.19. The van der Waals surface area contributed by atoms with Crippen LogP contribution in [0, 0.1) is 5.92 Å². The molecule has 0 aromatic heterocycles. The quantitative estimate of drug-likeness (QED) is 0.748. The van der Waals surface area contributed by atoms with Gasteiger partial charge in [0.2, 0.25) is 11.8 Å². The summed E-state index contributed by atoms with van der Waals surface area (Å²) < 4.78 is 0. The first-order chi connectivity index (χ1) is 8.70. The molecule has 5 nitrogen and oxygen atoms in total. The molecule has 2 aliphatic heterocycles. The molecule has 1 atom stereocenters. The Labute approximate surface area is 108 Å². The number of carbonyl (C=O) groups is 2. The van der Waals surface area contributed by atoms with E-state index < -0.39 is 0 Å². The molecule has 0 radical (unpaired) electrons. The van der Waals surface area contributed by atoms with E-state index in [0.717, 1.165) is 39.0 Å². The van der Waals surface area contributed by atoms with Crippen LogP contribution in [0.2, 0.25) is 0 Å². The molecule has 0 saturated carbocycles. The van der Waals surface area contributed by atoms with Gasteiger partial charge in [0.05, 0.1) is 0 Å². The fourth-order valence-electron chi connectivity index (χ4n) is 2.73. The van der Waals surface area contributed by atoms with E-state index in [2.05, 4.69) is 17.6 Å². The van der Waals surface area contributed by atoms with E-state index in [1.807, 2.05) is 4.90 Å². The smallest absolute Gasteiger partial charge is 0.245 e. The summed E-state index contributed by atoms with van der Waals surface area (Å²) in [5.41, 5.74) is 0. The maximum Gasteiger partial charge on any atom is 0.245 e. The number of rotatable bonds is 4. The van der Waals surface area contributed by atoms with E-state index in [1.165, 1.54) is 0 Å². The Balaban J connectivity index is 1.75. The zero-order chi connectivity index (χ0) is 13.0. The zero-order valence-electron chi connectivity index (χ0n) is 11.1. The van der Waals surface area contributed by atoms with Crippen molar-refractivity contribution in [3.05, 3.63) is 0 Å². The van der Waals surface area contributed by atoms with E-state index in [9.17, 15) is 9.59 Å². The maximum absolute atomic E-state index is 12.2. The van der Waals surface area contributed by atoms with Crippen LogP contribution >= 0.6 is 0 Å². The minimum Gasteiger partial charge on any atom is -0.344 e. The summed E-state index contributed by atoms with van der Waals surface area (Å²) in [5, 5.41) is 6.12. The van der Waals surface area contributed by atoms with Gasteiger partial charge < -0.3 is 15.5 Å². The second-order valence-corrected chi connectivity index (χ2v) is 5.24. The van der Waals surface area contributed by atoms with Crippen molar-refractivity contribution in [2.45, 2.75) is 38.6 Å². The molecule has 2 saturated heterocycles. The van der Waals surface area contributed by atoms with Crippen LogP contribution in [-0.2, 0) is 9.59 Å². The van der Waals surface area contributed by atoms with Gasteiger partial charge in [-0.25, -0.2) is 0 Å².